The van der Waals surface area contributed by atoms with Crippen LogP contribution in [0.1, 0.15) is 30.9 Å². The highest BCUT2D eigenvalue weighted by atomic mass is 32.2. The van der Waals surface area contributed by atoms with Gasteiger partial charge in [0.25, 0.3) is 0 Å². The number of nitriles is 1. The largest absolute Gasteiger partial charge is 0.369 e. The molecule has 1 aliphatic heterocycles. The second kappa shape index (κ2) is 11.8. The van der Waals surface area contributed by atoms with Gasteiger partial charge in [-0.3, -0.25) is 4.84 Å². The Balaban J connectivity index is 2.06. The standard InChI is InChI=1S/C24H27F2N7O2S/c1-4-35-32(3)23(34)33-24(17-9-6-5-7-10-17,13-8-14-31(2)22(28)29-16-27)36-21(30-33)19-15-18(25)11-12-20(19)26/h5-7,9-12,15H,4,8,13-14H2,1-3H3,(H2,28,29). The van der Waals surface area contributed by atoms with Gasteiger partial charge in [0.15, 0.2) is 0 Å². The van der Waals surface area contributed by atoms with Crippen molar-refractivity contribution >= 4 is 28.8 Å². The fourth-order valence-corrected chi connectivity index (χ4v) is 5.15. The first-order chi connectivity index (χ1) is 17.2. The van der Waals surface area contributed by atoms with Crippen molar-refractivity contribution in [1.82, 2.24) is 15.0 Å². The fourth-order valence-electron chi connectivity index (χ4n) is 3.73. The molecule has 190 valence electrons. The first kappa shape index (κ1) is 26.9. The highest BCUT2D eigenvalue weighted by molar-refractivity contribution is 8.15. The molecule has 2 N–H and O–H groups in total. The lowest BCUT2D eigenvalue weighted by molar-refractivity contribution is -0.105. The molecule has 0 radical (unpaired) electrons. The molecule has 2 aromatic carbocycles. The summed E-state index contributed by atoms with van der Waals surface area (Å²) >= 11 is 1.16. The molecule has 1 aliphatic rings. The van der Waals surface area contributed by atoms with Crippen molar-refractivity contribution in [1.29, 1.82) is 5.26 Å². The van der Waals surface area contributed by atoms with Gasteiger partial charge < -0.3 is 10.6 Å². The van der Waals surface area contributed by atoms with E-state index in [2.05, 4.69) is 10.1 Å². The van der Waals surface area contributed by atoms with Crippen LogP contribution < -0.4 is 5.73 Å². The van der Waals surface area contributed by atoms with Gasteiger partial charge in [-0.25, -0.2) is 18.6 Å². The van der Waals surface area contributed by atoms with Crippen molar-refractivity contribution in [2.75, 3.05) is 27.2 Å². The minimum atomic E-state index is -1.10. The lowest BCUT2D eigenvalue weighted by Crippen LogP contribution is -2.47. The Morgan fingerprint density at radius 1 is 1.28 bits per heavy atom. The van der Waals surface area contributed by atoms with Gasteiger partial charge in [-0.15, -0.1) is 4.99 Å². The van der Waals surface area contributed by atoms with Crippen molar-refractivity contribution in [3.63, 3.8) is 0 Å². The molecule has 9 nitrogen and oxygen atoms in total. The highest BCUT2D eigenvalue weighted by Crippen LogP contribution is 2.51. The van der Waals surface area contributed by atoms with Crippen LogP contribution in [0.25, 0.3) is 0 Å². The third-order valence-corrected chi connectivity index (χ3v) is 6.97. The molecule has 0 saturated heterocycles. The van der Waals surface area contributed by atoms with E-state index in [-0.39, 0.29) is 23.2 Å². The van der Waals surface area contributed by atoms with Crippen LogP contribution in [0.3, 0.4) is 0 Å². The summed E-state index contributed by atoms with van der Waals surface area (Å²) in [5.41, 5.74) is 6.50. The zero-order chi connectivity index (χ0) is 26.3. The molecule has 12 heteroatoms. The van der Waals surface area contributed by atoms with E-state index in [1.54, 1.807) is 25.1 Å². The van der Waals surface area contributed by atoms with Gasteiger partial charge in [0, 0.05) is 26.2 Å². The number of nitrogens with zero attached hydrogens (tertiary/aromatic N) is 6. The Morgan fingerprint density at radius 2 is 2.00 bits per heavy atom. The predicted molar refractivity (Wildman–Crippen MR) is 134 cm³/mol. The van der Waals surface area contributed by atoms with E-state index in [0.717, 1.165) is 40.6 Å². The topological polar surface area (TPSA) is 111 Å². The third-order valence-electron chi connectivity index (χ3n) is 5.52. The number of nitrogens with two attached hydrogens (primary N) is 1. The summed E-state index contributed by atoms with van der Waals surface area (Å²) in [5, 5.41) is 15.7. The Bertz CT molecular complexity index is 1190. The van der Waals surface area contributed by atoms with E-state index in [0.29, 0.717) is 19.4 Å². The van der Waals surface area contributed by atoms with E-state index >= 15 is 0 Å². The number of amides is 2. The van der Waals surface area contributed by atoms with Crippen LogP contribution in [0, 0.1) is 23.1 Å². The van der Waals surface area contributed by atoms with Crippen molar-refractivity contribution in [2.45, 2.75) is 24.6 Å². The maximum atomic E-state index is 14.7. The maximum Gasteiger partial charge on any atom is 0.365 e. The van der Waals surface area contributed by atoms with Gasteiger partial charge in [-0.1, -0.05) is 42.1 Å². The number of urea groups is 1. The van der Waals surface area contributed by atoms with Crippen LogP contribution in [0.2, 0.25) is 0 Å². The lowest BCUT2D eigenvalue weighted by Gasteiger charge is -2.37. The van der Waals surface area contributed by atoms with Crippen LogP contribution in [-0.2, 0) is 9.71 Å². The Hall–Kier alpha value is -3.69. The molecule has 3 rings (SSSR count). The average Bonchev–Trinajstić information content (AvgIpc) is 3.26. The number of hydrogen-bond donors (Lipinski definition) is 1. The van der Waals surface area contributed by atoms with Crippen molar-refractivity contribution in [3.05, 3.63) is 71.3 Å². The number of rotatable bonds is 8. The Kier molecular flexibility index (Phi) is 8.84. The molecular formula is C24H27F2N7O2S. The number of benzene rings is 2. The molecular weight excluding hydrogens is 488 g/mol. The summed E-state index contributed by atoms with van der Waals surface area (Å²) in [6.45, 7) is 2.41. The lowest BCUT2D eigenvalue weighted by atomic mass is 10.0. The van der Waals surface area contributed by atoms with Crippen LogP contribution in [0.4, 0.5) is 13.6 Å². The normalized spacial score (nSPS) is 17.5. The summed E-state index contributed by atoms with van der Waals surface area (Å²) in [6.07, 6.45) is 2.51. The van der Waals surface area contributed by atoms with Crippen LogP contribution in [0.15, 0.2) is 58.6 Å². The summed E-state index contributed by atoms with van der Waals surface area (Å²) in [5.74, 6) is -1.21. The number of guanidine groups is 1. The van der Waals surface area contributed by atoms with Crippen LogP contribution >= 0.6 is 11.8 Å². The van der Waals surface area contributed by atoms with Gasteiger partial charge in [0.2, 0.25) is 12.2 Å². The number of thioether (sulfide) groups is 1. The van der Waals surface area contributed by atoms with Crippen LogP contribution in [0.5, 0.6) is 0 Å². The van der Waals surface area contributed by atoms with Gasteiger partial charge in [0.05, 0.1) is 6.61 Å². The minimum absolute atomic E-state index is 0.0443. The number of hydrazone groups is 1. The molecule has 0 spiro atoms. The third kappa shape index (κ3) is 5.75. The van der Waals surface area contributed by atoms with E-state index in [1.165, 1.54) is 12.1 Å². The Labute approximate surface area is 212 Å². The molecule has 2 aromatic rings. The summed E-state index contributed by atoms with van der Waals surface area (Å²) in [7, 11) is 3.17. The smallest absolute Gasteiger partial charge is 0.365 e. The second-order valence-electron chi connectivity index (χ2n) is 7.89. The molecule has 2 amide bonds. The molecule has 1 unspecified atom stereocenters. The van der Waals surface area contributed by atoms with Gasteiger partial charge in [-0.2, -0.15) is 15.4 Å². The Morgan fingerprint density at radius 3 is 2.67 bits per heavy atom. The number of aliphatic imine (C=N–C) groups is 1. The maximum absolute atomic E-state index is 14.7. The van der Waals surface area contributed by atoms with Crippen molar-refractivity contribution in [3.8, 4) is 6.19 Å². The zero-order valence-electron chi connectivity index (χ0n) is 20.2. The molecule has 1 heterocycles. The molecule has 0 aromatic heterocycles. The van der Waals surface area contributed by atoms with E-state index < -0.39 is 22.5 Å². The SMILES string of the molecule is CCON(C)C(=O)N1N=C(c2cc(F)ccc2F)SC1(CCCN(C)C(N)=NC#N)c1ccccc1. The van der Waals surface area contributed by atoms with Crippen molar-refractivity contribution in [2.24, 2.45) is 15.8 Å². The number of hydrogen-bond acceptors (Lipinski definition) is 6. The summed E-state index contributed by atoms with van der Waals surface area (Å²) in [4.78, 5) is 22.9. The molecule has 0 aliphatic carbocycles. The first-order valence-corrected chi connectivity index (χ1v) is 12.0. The van der Waals surface area contributed by atoms with Gasteiger partial charge in [-0.05, 0) is 43.5 Å². The molecule has 0 bridgehead atoms. The second-order valence-corrected chi connectivity index (χ2v) is 9.15. The van der Waals surface area contributed by atoms with E-state index in [4.69, 9.17) is 15.8 Å². The molecule has 0 fully saturated rings. The zero-order valence-corrected chi connectivity index (χ0v) is 21.0. The number of hydroxylamine groups is 2. The average molecular weight is 516 g/mol. The number of carbonyl (C=O) groups excluding carboxylic acids is 1. The fraction of sp³-hybridized carbons (Fsp3) is 0.333. The number of carbonyl (C=O) groups is 1. The van der Waals surface area contributed by atoms with Gasteiger partial charge in [0.1, 0.15) is 21.5 Å². The van der Waals surface area contributed by atoms with E-state index in [1.807, 2.05) is 30.3 Å². The molecule has 0 saturated carbocycles. The van der Waals surface area contributed by atoms with Gasteiger partial charge >= 0.3 is 6.03 Å². The number of halogens is 2. The molecule has 1 atom stereocenters. The first-order valence-electron chi connectivity index (χ1n) is 11.2. The van der Waals surface area contributed by atoms with E-state index in [9.17, 15) is 13.6 Å². The summed E-state index contributed by atoms with van der Waals surface area (Å²) < 4.78 is 28.8. The quantitative estimate of drug-likeness (QED) is 0.246. The summed E-state index contributed by atoms with van der Waals surface area (Å²) in [6, 6.07) is 11.7. The van der Waals surface area contributed by atoms with Crippen molar-refractivity contribution < 1.29 is 18.4 Å². The monoisotopic (exact) mass is 515 g/mol. The predicted octanol–water partition coefficient (Wildman–Crippen LogP) is 4.04. The minimum Gasteiger partial charge on any atom is -0.369 e. The van der Waals surface area contributed by atoms with Crippen LogP contribution in [-0.4, -0.2) is 59.3 Å². The molecule has 36 heavy (non-hydrogen) atoms. The highest BCUT2D eigenvalue weighted by Gasteiger charge is 2.49.